The van der Waals surface area contributed by atoms with Crippen LogP contribution in [0.2, 0.25) is 0 Å². The fourth-order valence-electron chi connectivity index (χ4n) is 3.82. The minimum Gasteiger partial charge on any atom is -0.396 e. The Morgan fingerprint density at radius 1 is 1.05 bits per heavy atom. The second kappa shape index (κ2) is 8.32. The molecule has 4 nitrogen and oxygen atoms in total. The first-order valence-corrected chi connectivity index (χ1v) is 8.42. The Kier molecular flexibility index (Phi) is 6.75. The second-order valence-electron chi connectivity index (χ2n) is 6.88. The Morgan fingerprint density at radius 3 is 2.45 bits per heavy atom. The van der Waals surface area contributed by atoms with E-state index < -0.39 is 0 Å². The lowest BCUT2D eigenvalue weighted by molar-refractivity contribution is 0.0304. The Morgan fingerprint density at radius 2 is 1.80 bits per heavy atom. The van der Waals surface area contributed by atoms with Gasteiger partial charge in [-0.1, -0.05) is 6.92 Å². The van der Waals surface area contributed by atoms with Crippen molar-refractivity contribution in [1.29, 1.82) is 0 Å². The van der Waals surface area contributed by atoms with Gasteiger partial charge < -0.3 is 15.5 Å². The van der Waals surface area contributed by atoms with E-state index in [1.54, 1.807) is 0 Å². The average Bonchev–Trinajstić information content (AvgIpc) is 2.42. The van der Waals surface area contributed by atoms with E-state index >= 15 is 0 Å². The summed E-state index contributed by atoms with van der Waals surface area (Å²) in [6.45, 7) is 6.24. The number of aliphatic hydroxyl groups excluding tert-OH is 2. The molecule has 1 aliphatic heterocycles. The predicted octanol–water partition coefficient (Wildman–Crippen LogP) is 1.22. The zero-order valence-electron chi connectivity index (χ0n) is 12.9. The fraction of sp³-hybridized carbons (Fsp3) is 1.00. The molecule has 20 heavy (non-hydrogen) atoms. The van der Waals surface area contributed by atoms with Crippen LogP contribution in [0.3, 0.4) is 0 Å². The molecule has 0 aromatic carbocycles. The van der Waals surface area contributed by atoms with E-state index in [0.717, 1.165) is 43.7 Å². The van der Waals surface area contributed by atoms with Crippen LogP contribution >= 0.6 is 0 Å². The van der Waals surface area contributed by atoms with Crippen molar-refractivity contribution in [1.82, 2.24) is 10.2 Å². The molecular formula is C16H32N2O2. The van der Waals surface area contributed by atoms with Gasteiger partial charge >= 0.3 is 0 Å². The molecule has 2 fully saturated rings. The molecule has 4 heteroatoms. The van der Waals surface area contributed by atoms with E-state index in [4.69, 9.17) is 10.2 Å². The van der Waals surface area contributed by atoms with Gasteiger partial charge in [0.1, 0.15) is 0 Å². The summed E-state index contributed by atoms with van der Waals surface area (Å²) in [4.78, 5) is 2.68. The zero-order valence-corrected chi connectivity index (χ0v) is 12.9. The van der Waals surface area contributed by atoms with Gasteiger partial charge in [0.15, 0.2) is 0 Å². The van der Waals surface area contributed by atoms with Gasteiger partial charge in [-0.3, -0.25) is 4.90 Å². The van der Waals surface area contributed by atoms with E-state index in [1.807, 2.05) is 0 Å². The molecule has 2 atom stereocenters. The third-order valence-electron chi connectivity index (χ3n) is 4.97. The molecule has 3 N–H and O–H groups in total. The van der Waals surface area contributed by atoms with Crippen molar-refractivity contribution in [2.45, 2.75) is 57.5 Å². The molecule has 2 unspecified atom stereocenters. The van der Waals surface area contributed by atoms with Crippen LogP contribution in [-0.2, 0) is 0 Å². The van der Waals surface area contributed by atoms with Crippen LogP contribution < -0.4 is 5.32 Å². The van der Waals surface area contributed by atoms with Crippen molar-refractivity contribution >= 4 is 0 Å². The minimum atomic E-state index is 0.275. The van der Waals surface area contributed by atoms with Crippen LogP contribution in [0.1, 0.15) is 45.4 Å². The maximum Gasteiger partial charge on any atom is 0.0443 e. The highest BCUT2D eigenvalue weighted by molar-refractivity contribution is 4.92. The third-order valence-corrected chi connectivity index (χ3v) is 4.97. The van der Waals surface area contributed by atoms with Gasteiger partial charge in [-0.25, -0.2) is 0 Å². The Balaban J connectivity index is 1.81. The van der Waals surface area contributed by atoms with Gasteiger partial charge in [-0.05, 0) is 56.9 Å². The molecule has 0 bridgehead atoms. The SMILES string of the molecule is CC1CC(N2CC(CCCO)CC(NCCCO)C2)C1. The van der Waals surface area contributed by atoms with Gasteiger partial charge in [0.2, 0.25) is 0 Å². The summed E-state index contributed by atoms with van der Waals surface area (Å²) in [7, 11) is 0. The molecule has 0 spiro atoms. The summed E-state index contributed by atoms with van der Waals surface area (Å²) in [5.41, 5.74) is 0. The van der Waals surface area contributed by atoms with Gasteiger partial charge in [0.25, 0.3) is 0 Å². The lowest BCUT2D eigenvalue weighted by Crippen LogP contribution is -2.55. The molecule has 1 aliphatic carbocycles. The molecule has 0 aromatic rings. The van der Waals surface area contributed by atoms with Gasteiger partial charge in [0.05, 0.1) is 0 Å². The lowest BCUT2D eigenvalue weighted by atomic mass is 9.78. The van der Waals surface area contributed by atoms with E-state index in [9.17, 15) is 0 Å². The first-order chi connectivity index (χ1) is 9.72. The summed E-state index contributed by atoms with van der Waals surface area (Å²) >= 11 is 0. The molecule has 0 aromatic heterocycles. The molecule has 0 radical (unpaired) electrons. The van der Waals surface area contributed by atoms with Crippen LogP contribution in [0.15, 0.2) is 0 Å². The number of rotatable bonds is 8. The maximum atomic E-state index is 9.05. The first kappa shape index (κ1) is 16.2. The Labute approximate surface area is 123 Å². The topological polar surface area (TPSA) is 55.7 Å². The standard InChI is InChI=1S/C16H32N2O2/c1-13-8-16(9-13)18-11-14(4-2-6-19)10-15(12-18)17-5-3-7-20/h13-17,19-20H,2-12H2,1H3. The number of piperidine rings is 1. The number of nitrogens with zero attached hydrogens (tertiary/aromatic N) is 1. The summed E-state index contributed by atoms with van der Waals surface area (Å²) < 4.78 is 0. The smallest absolute Gasteiger partial charge is 0.0443 e. The molecular weight excluding hydrogens is 252 g/mol. The fourth-order valence-corrected chi connectivity index (χ4v) is 3.82. The Hall–Kier alpha value is -0.160. The number of aliphatic hydroxyl groups is 2. The van der Waals surface area contributed by atoms with Crippen LogP contribution in [0.25, 0.3) is 0 Å². The highest BCUT2D eigenvalue weighted by Crippen LogP contribution is 2.34. The lowest BCUT2D eigenvalue weighted by Gasteiger charge is -2.47. The summed E-state index contributed by atoms with van der Waals surface area (Å²) in [6, 6.07) is 1.36. The minimum absolute atomic E-state index is 0.275. The van der Waals surface area contributed by atoms with Crippen LogP contribution in [0.4, 0.5) is 0 Å². The van der Waals surface area contributed by atoms with E-state index in [2.05, 4.69) is 17.1 Å². The van der Waals surface area contributed by atoms with Gasteiger partial charge in [-0.15, -0.1) is 0 Å². The quantitative estimate of drug-likeness (QED) is 0.587. The number of hydrogen-bond donors (Lipinski definition) is 3. The Bertz CT molecular complexity index is 269. The third kappa shape index (κ3) is 4.69. The van der Waals surface area contributed by atoms with Crippen molar-refractivity contribution in [3.63, 3.8) is 0 Å². The van der Waals surface area contributed by atoms with Crippen LogP contribution in [0.5, 0.6) is 0 Å². The number of nitrogens with one attached hydrogen (secondary N) is 1. The van der Waals surface area contributed by atoms with E-state index in [1.165, 1.54) is 32.4 Å². The molecule has 2 aliphatic rings. The molecule has 2 rings (SSSR count). The molecule has 118 valence electrons. The average molecular weight is 284 g/mol. The highest BCUT2D eigenvalue weighted by atomic mass is 16.3. The van der Waals surface area contributed by atoms with Crippen molar-refractivity contribution in [3.05, 3.63) is 0 Å². The summed E-state index contributed by atoms with van der Waals surface area (Å²) in [5.74, 6) is 1.62. The van der Waals surface area contributed by atoms with Gasteiger partial charge in [-0.2, -0.15) is 0 Å². The molecule has 1 saturated carbocycles. The second-order valence-corrected chi connectivity index (χ2v) is 6.88. The predicted molar refractivity (Wildman–Crippen MR) is 81.7 cm³/mol. The van der Waals surface area contributed by atoms with Crippen molar-refractivity contribution < 1.29 is 10.2 Å². The zero-order chi connectivity index (χ0) is 14.4. The molecule has 1 saturated heterocycles. The largest absolute Gasteiger partial charge is 0.396 e. The van der Waals surface area contributed by atoms with Gasteiger partial charge in [0, 0.05) is 38.4 Å². The first-order valence-electron chi connectivity index (χ1n) is 8.42. The van der Waals surface area contributed by atoms with Crippen LogP contribution in [-0.4, -0.2) is 60.0 Å². The molecule has 0 amide bonds. The van der Waals surface area contributed by atoms with E-state index in [-0.39, 0.29) is 6.61 Å². The normalized spacial score (nSPS) is 35.0. The van der Waals surface area contributed by atoms with Crippen molar-refractivity contribution in [3.8, 4) is 0 Å². The molecule has 1 heterocycles. The summed E-state index contributed by atoms with van der Waals surface area (Å²) in [5, 5.41) is 21.6. The van der Waals surface area contributed by atoms with Crippen molar-refractivity contribution in [2.24, 2.45) is 11.8 Å². The van der Waals surface area contributed by atoms with E-state index in [0.29, 0.717) is 12.6 Å². The van der Waals surface area contributed by atoms with Crippen LogP contribution in [0, 0.1) is 11.8 Å². The summed E-state index contributed by atoms with van der Waals surface area (Å²) in [6.07, 6.45) is 6.87. The highest BCUT2D eigenvalue weighted by Gasteiger charge is 2.36. The number of hydrogen-bond acceptors (Lipinski definition) is 4. The maximum absolute atomic E-state index is 9.05. The van der Waals surface area contributed by atoms with Crippen molar-refractivity contribution in [2.75, 3.05) is 32.8 Å². The number of likely N-dealkylation sites (tertiary alicyclic amines) is 1. The monoisotopic (exact) mass is 284 g/mol.